The third-order valence-electron chi connectivity index (χ3n) is 5.25. The Labute approximate surface area is 182 Å². The van der Waals surface area contributed by atoms with Crippen LogP contribution >= 0.6 is 11.8 Å². The van der Waals surface area contributed by atoms with E-state index in [9.17, 15) is 4.79 Å². The van der Waals surface area contributed by atoms with Crippen LogP contribution in [0, 0.1) is 19.8 Å². The zero-order valence-electron chi connectivity index (χ0n) is 18.2. The highest BCUT2D eigenvalue weighted by Crippen LogP contribution is 2.30. The van der Waals surface area contributed by atoms with Crippen molar-refractivity contribution >= 4 is 23.4 Å². The first-order valence-electron chi connectivity index (χ1n) is 10.3. The van der Waals surface area contributed by atoms with Gasteiger partial charge in [0.05, 0.1) is 5.25 Å². The molecule has 5 nitrogen and oxygen atoms in total. The number of amides is 1. The molecule has 158 valence electrons. The quantitative estimate of drug-likeness (QED) is 0.465. The molecule has 0 saturated heterocycles. The second kappa shape index (κ2) is 9.94. The van der Waals surface area contributed by atoms with Gasteiger partial charge in [0.25, 0.3) is 5.22 Å². The lowest BCUT2D eigenvalue weighted by Gasteiger charge is -2.19. The topological polar surface area (TPSA) is 68.0 Å². The Morgan fingerprint density at radius 1 is 1.03 bits per heavy atom. The molecule has 0 aliphatic heterocycles. The van der Waals surface area contributed by atoms with Gasteiger partial charge in [-0.15, -0.1) is 10.2 Å². The lowest BCUT2D eigenvalue weighted by atomic mass is 9.98. The van der Waals surface area contributed by atoms with Crippen LogP contribution in [0.5, 0.6) is 0 Å². The van der Waals surface area contributed by atoms with Crippen molar-refractivity contribution in [2.24, 2.45) is 5.92 Å². The summed E-state index contributed by atoms with van der Waals surface area (Å²) in [4.78, 5) is 13.0. The predicted octanol–water partition coefficient (Wildman–Crippen LogP) is 5.79. The fourth-order valence-electron chi connectivity index (χ4n) is 3.22. The smallest absolute Gasteiger partial charge is 0.277 e. The maximum Gasteiger partial charge on any atom is 0.277 e. The van der Waals surface area contributed by atoms with E-state index < -0.39 is 0 Å². The van der Waals surface area contributed by atoms with Crippen molar-refractivity contribution in [1.29, 1.82) is 0 Å². The molecule has 1 heterocycles. The van der Waals surface area contributed by atoms with Crippen molar-refractivity contribution < 1.29 is 9.21 Å². The molecule has 30 heavy (non-hydrogen) atoms. The van der Waals surface area contributed by atoms with Gasteiger partial charge >= 0.3 is 0 Å². The summed E-state index contributed by atoms with van der Waals surface area (Å²) in [6.45, 7) is 10.2. The maximum atomic E-state index is 13.0. The van der Waals surface area contributed by atoms with Gasteiger partial charge in [0.15, 0.2) is 0 Å². The van der Waals surface area contributed by atoms with E-state index in [0.717, 1.165) is 16.8 Å². The Hall–Kier alpha value is -2.60. The van der Waals surface area contributed by atoms with Crippen molar-refractivity contribution in [2.75, 3.05) is 5.32 Å². The van der Waals surface area contributed by atoms with Gasteiger partial charge < -0.3 is 9.73 Å². The standard InChI is InChI=1S/C24H29N3O2S/c1-15(2)22(23(28)25-20-13-9-10-16(3)18(20)5)30-24-27-26-21(29-24)14-17(4)19-11-7-6-8-12-19/h6-13,15,17,22H,14H2,1-5H3,(H,25,28). The molecular formula is C24H29N3O2S. The number of rotatable bonds is 8. The molecule has 0 spiro atoms. The zero-order valence-corrected chi connectivity index (χ0v) is 19.0. The van der Waals surface area contributed by atoms with Crippen molar-refractivity contribution in [2.45, 2.75) is 57.4 Å². The molecule has 6 heteroatoms. The molecule has 2 unspecified atom stereocenters. The number of benzene rings is 2. The molecule has 1 amide bonds. The Morgan fingerprint density at radius 2 is 1.77 bits per heavy atom. The molecule has 1 N–H and O–H groups in total. The summed E-state index contributed by atoms with van der Waals surface area (Å²) in [7, 11) is 0. The SMILES string of the molecule is Cc1cccc(NC(=O)C(Sc2nnc(CC(C)c3ccccc3)o2)C(C)C)c1C. The van der Waals surface area contributed by atoms with Crippen LogP contribution in [0.1, 0.15) is 49.3 Å². The normalized spacial score (nSPS) is 13.3. The fraction of sp³-hybridized carbons (Fsp3) is 0.375. The molecule has 0 radical (unpaired) electrons. The summed E-state index contributed by atoms with van der Waals surface area (Å²) in [5.74, 6) is 0.920. The maximum absolute atomic E-state index is 13.0. The monoisotopic (exact) mass is 423 g/mol. The van der Waals surface area contributed by atoms with Gasteiger partial charge in [-0.3, -0.25) is 4.79 Å². The van der Waals surface area contributed by atoms with E-state index in [0.29, 0.717) is 17.5 Å². The second-order valence-corrected chi connectivity index (χ2v) is 9.09. The van der Waals surface area contributed by atoms with E-state index in [1.165, 1.54) is 17.3 Å². The summed E-state index contributed by atoms with van der Waals surface area (Å²) in [5, 5.41) is 11.5. The molecule has 3 rings (SSSR count). The molecule has 0 aliphatic carbocycles. The number of aryl methyl sites for hydroxylation is 1. The first-order chi connectivity index (χ1) is 14.3. The highest BCUT2D eigenvalue weighted by molar-refractivity contribution is 8.00. The van der Waals surface area contributed by atoms with Crippen LogP contribution in [0.25, 0.3) is 0 Å². The van der Waals surface area contributed by atoms with E-state index >= 15 is 0 Å². The van der Waals surface area contributed by atoms with Crippen LogP contribution in [0.15, 0.2) is 58.2 Å². The van der Waals surface area contributed by atoms with Gasteiger partial charge in [0, 0.05) is 12.1 Å². The highest BCUT2D eigenvalue weighted by Gasteiger charge is 2.27. The number of hydrogen-bond donors (Lipinski definition) is 1. The van der Waals surface area contributed by atoms with Gasteiger partial charge in [0.1, 0.15) is 0 Å². The molecule has 0 fully saturated rings. The van der Waals surface area contributed by atoms with E-state index in [2.05, 4.69) is 34.6 Å². The number of carbonyl (C=O) groups excluding carboxylic acids is 1. The minimum atomic E-state index is -0.329. The summed E-state index contributed by atoms with van der Waals surface area (Å²) < 4.78 is 5.86. The van der Waals surface area contributed by atoms with Crippen molar-refractivity contribution in [1.82, 2.24) is 10.2 Å². The van der Waals surface area contributed by atoms with E-state index in [1.807, 2.05) is 64.1 Å². The average molecular weight is 424 g/mol. The number of nitrogens with one attached hydrogen (secondary N) is 1. The Kier molecular flexibility index (Phi) is 7.32. The number of anilines is 1. The van der Waals surface area contributed by atoms with E-state index in [4.69, 9.17) is 4.42 Å². The zero-order chi connectivity index (χ0) is 21.7. The van der Waals surface area contributed by atoms with Crippen molar-refractivity contribution in [3.63, 3.8) is 0 Å². The molecule has 2 aromatic carbocycles. The predicted molar refractivity (Wildman–Crippen MR) is 122 cm³/mol. The lowest BCUT2D eigenvalue weighted by molar-refractivity contribution is -0.116. The van der Waals surface area contributed by atoms with Gasteiger partial charge in [-0.1, -0.05) is 75.0 Å². The van der Waals surface area contributed by atoms with Gasteiger partial charge in [-0.25, -0.2) is 0 Å². The minimum absolute atomic E-state index is 0.0545. The third kappa shape index (κ3) is 5.51. The number of aromatic nitrogens is 2. The first kappa shape index (κ1) is 22.1. The first-order valence-corrected chi connectivity index (χ1v) is 11.1. The minimum Gasteiger partial charge on any atom is -0.416 e. The summed E-state index contributed by atoms with van der Waals surface area (Å²) in [6, 6.07) is 16.2. The van der Waals surface area contributed by atoms with Crippen molar-refractivity contribution in [3.8, 4) is 0 Å². The summed E-state index contributed by atoms with van der Waals surface area (Å²) >= 11 is 1.33. The molecular weight excluding hydrogens is 394 g/mol. The largest absolute Gasteiger partial charge is 0.416 e. The van der Waals surface area contributed by atoms with Crippen LogP contribution in [-0.2, 0) is 11.2 Å². The number of hydrogen-bond acceptors (Lipinski definition) is 5. The van der Waals surface area contributed by atoms with Crippen molar-refractivity contribution in [3.05, 3.63) is 71.1 Å². The van der Waals surface area contributed by atoms with Gasteiger partial charge in [0.2, 0.25) is 11.8 Å². The van der Waals surface area contributed by atoms with Gasteiger partial charge in [-0.2, -0.15) is 0 Å². The molecule has 1 aromatic heterocycles. The second-order valence-electron chi connectivity index (χ2n) is 8.00. The number of carbonyl (C=O) groups is 1. The van der Waals surface area contributed by atoms with Crippen LogP contribution in [0.3, 0.4) is 0 Å². The molecule has 0 bridgehead atoms. The van der Waals surface area contributed by atoms with Gasteiger partial charge in [-0.05, 0) is 48.4 Å². The molecule has 0 aliphatic rings. The number of nitrogens with zero attached hydrogens (tertiary/aromatic N) is 2. The Morgan fingerprint density at radius 3 is 2.47 bits per heavy atom. The highest BCUT2D eigenvalue weighted by atomic mass is 32.2. The third-order valence-corrected chi connectivity index (χ3v) is 6.63. The van der Waals surface area contributed by atoms with Crippen LogP contribution in [-0.4, -0.2) is 21.4 Å². The van der Waals surface area contributed by atoms with E-state index in [-0.39, 0.29) is 23.0 Å². The van der Waals surface area contributed by atoms with Crippen LogP contribution in [0.2, 0.25) is 0 Å². The summed E-state index contributed by atoms with van der Waals surface area (Å²) in [6.07, 6.45) is 0.665. The lowest BCUT2D eigenvalue weighted by Crippen LogP contribution is -2.30. The Bertz CT molecular complexity index is 985. The molecule has 0 saturated carbocycles. The van der Waals surface area contributed by atoms with Crippen LogP contribution in [0.4, 0.5) is 5.69 Å². The summed E-state index contributed by atoms with van der Waals surface area (Å²) in [5.41, 5.74) is 4.30. The average Bonchev–Trinajstić information content (AvgIpc) is 3.17. The van der Waals surface area contributed by atoms with E-state index in [1.54, 1.807) is 0 Å². The fourth-order valence-corrected chi connectivity index (χ4v) is 4.11. The molecule has 3 aromatic rings. The van der Waals surface area contributed by atoms with Crippen LogP contribution < -0.4 is 5.32 Å². The molecule has 2 atom stereocenters. The Balaban J connectivity index is 1.67. The number of thioether (sulfide) groups is 1.